The Labute approximate surface area is 141 Å². The van der Waals surface area contributed by atoms with E-state index in [1.807, 2.05) is 24.3 Å². The number of methoxy groups -OCH3 is 1. The van der Waals surface area contributed by atoms with E-state index in [2.05, 4.69) is 20.6 Å². The van der Waals surface area contributed by atoms with Crippen LogP contribution in [0, 0.1) is 0 Å². The quantitative estimate of drug-likeness (QED) is 0.782. The van der Waals surface area contributed by atoms with Crippen molar-refractivity contribution in [1.29, 1.82) is 0 Å². The molecule has 2 N–H and O–H groups in total. The first-order chi connectivity index (χ1) is 11.2. The molecule has 0 spiro atoms. The second kappa shape index (κ2) is 7.51. The fourth-order valence-electron chi connectivity index (χ4n) is 2.80. The normalized spacial score (nSPS) is 15.2. The van der Waals surface area contributed by atoms with E-state index >= 15 is 0 Å². The van der Waals surface area contributed by atoms with Gasteiger partial charge in [-0.2, -0.15) is 4.98 Å². The molecule has 1 aromatic carbocycles. The molecule has 1 aliphatic rings. The smallest absolute Gasteiger partial charge is 0.226 e. The molecule has 23 heavy (non-hydrogen) atoms. The maximum Gasteiger partial charge on any atom is 0.226 e. The van der Waals surface area contributed by atoms with Gasteiger partial charge in [-0.1, -0.05) is 30.9 Å². The third-order valence-corrected chi connectivity index (χ3v) is 4.19. The van der Waals surface area contributed by atoms with Crippen LogP contribution in [0.3, 0.4) is 0 Å². The second-order valence-electron chi connectivity index (χ2n) is 5.73. The summed E-state index contributed by atoms with van der Waals surface area (Å²) in [6, 6.07) is 9.82. The van der Waals surface area contributed by atoms with Crippen molar-refractivity contribution in [2.75, 3.05) is 17.7 Å². The van der Waals surface area contributed by atoms with E-state index in [0.29, 0.717) is 23.0 Å². The zero-order valence-corrected chi connectivity index (χ0v) is 13.9. The summed E-state index contributed by atoms with van der Waals surface area (Å²) >= 11 is 6.13. The number of hydrogen-bond donors (Lipinski definition) is 2. The minimum Gasteiger partial charge on any atom is -0.497 e. The van der Waals surface area contributed by atoms with E-state index in [4.69, 9.17) is 16.3 Å². The molecule has 1 fully saturated rings. The van der Waals surface area contributed by atoms with E-state index < -0.39 is 0 Å². The number of benzene rings is 1. The lowest BCUT2D eigenvalue weighted by Crippen LogP contribution is -2.23. The first kappa shape index (κ1) is 15.9. The SMILES string of the molecule is COc1ccc(Nc2cc(Cl)nc(NC3CCCCC3)n2)cc1. The van der Waals surface area contributed by atoms with Gasteiger partial charge in [-0.15, -0.1) is 0 Å². The van der Waals surface area contributed by atoms with Gasteiger partial charge in [-0.25, -0.2) is 4.98 Å². The number of rotatable bonds is 5. The monoisotopic (exact) mass is 332 g/mol. The van der Waals surface area contributed by atoms with Gasteiger partial charge in [0.1, 0.15) is 16.7 Å². The number of hydrogen-bond acceptors (Lipinski definition) is 5. The topological polar surface area (TPSA) is 59.1 Å². The molecule has 6 heteroatoms. The molecule has 122 valence electrons. The maximum absolute atomic E-state index is 6.13. The molecular weight excluding hydrogens is 312 g/mol. The minimum absolute atomic E-state index is 0.425. The number of aromatic nitrogens is 2. The predicted molar refractivity (Wildman–Crippen MR) is 93.8 cm³/mol. The number of anilines is 3. The first-order valence-corrected chi connectivity index (χ1v) is 8.33. The van der Waals surface area contributed by atoms with E-state index in [1.54, 1.807) is 13.2 Å². The molecule has 0 bridgehead atoms. The molecule has 0 aliphatic heterocycles. The van der Waals surface area contributed by atoms with Crippen LogP contribution in [0.2, 0.25) is 5.15 Å². The Morgan fingerprint density at radius 1 is 1.09 bits per heavy atom. The third-order valence-electron chi connectivity index (χ3n) is 4.00. The van der Waals surface area contributed by atoms with Crippen LogP contribution in [0.5, 0.6) is 5.75 Å². The molecule has 1 heterocycles. The molecule has 5 nitrogen and oxygen atoms in total. The lowest BCUT2D eigenvalue weighted by Gasteiger charge is -2.22. The Balaban J connectivity index is 1.71. The van der Waals surface area contributed by atoms with Crippen LogP contribution < -0.4 is 15.4 Å². The molecule has 0 atom stereocenters. The molecule has 0 radical (unpaired) electrons. The maximum atomic E-state index is 6.13. The number of ether oxygens (including phenoxy) is 1. The highest BCUT2D eigenvalue weighted by atomic mass is 35.5. The van der Waals surface area contributed by atoms with Crippen molar-refractivity contribution < 1.29 is 4.74 Å². The van der Waals surface area contributed by atoms with E-state index in [9.17, 15) is 0 Å². The van der Waals surface area contributed by atoms with Crippen LogP contribution in [0.4, 0.5) is 17.5 Å². The van der Waals surface area contributed by atoms with Gasteiger partial charge in [-0.3, -0.25) is 0 Å². The minimum atomic E-state index is 0.425. The molecular formula is C17H21ClN4O. The van der Waals surface area contributed by atoms with Crippen LogP contribution in [0.25, 0.3) is 0 Å². The molecule has 1 saturated carbocycles. The average molecular weight is 333 g/mol. The Hall–Kier alpha value is -2.01. The van der Waals surface area contributed by atoms with Crippen LogP contribution in [-0.2, 0) is 0 Å². The summed E-state index contributed by atoms with van der Waals surface area (Å²) in [5.74, 6) is 2.07. The summed E-state index contributed by atoms with van der Waals surface area (Å²) < 4.78 is 5.16. The number of nitrogens with one attached hydrogen (secondary N) is 2. The lowest BCUT2D eigenvalue weighted by atomic mass is 9.96. The summed E-state index contributed by atoms with van der Waals surface area (Å²) in [5, 5.41) is 7.07. The molecule has 3 rings (SSSR count). The average Bonchev–Trinajstić information content (AvgIpc) is 2.56. The van der Waals surface area contributed by atoms with Crippen molar-refractivity contribution in [2.24, 2.45) is 0 Å². The van der Waals surface area contributed by atoms with Crippen molar-refractivity contribution >= 4 is 29.1 Å². The third kappa shape index (κ3) is 4.48. The zero-order chi connectivity index (χ0) is 16.1. The summed E-state index contributed by atoms with van der Waals surface area (Å²) in [4.78, 5) is 8.80. The number of halogens is 1. The Bertz CT molecular complexity index is 642. The highest BCUT2D eigenvalue weighted by Gasteiger charge is 2.15. The van der Waals surface area contributed by atoms with Crippen LogP contribution in [0.1, 0.15) is 32.1 Å². The first-order valence-electron chi connectivity index (χ1n) is 7.95. The summed E-state index contributed by atoms with van der Waals surface area (Å²) in [6.45, 7) is 0. The Morgan fingerprint density at radius 3 is 2.52 bits per heavy atom. The van der Waals surface area contributed by atoms with E-state index in [0.717, 1.165) is 24.3 Å². The summed E-state index contributed by atoms with van der Waals surface area (Å²) in [6.07, 6.45) is 6.16. The lowest BCUT2D eigenvalue weighted by molar-refractivity contribution is 0.415. The van der Waals surface area contributed by atoms with E-state index in [-0.39, 0.29) is 0 Å². The highest BCUT2D eigenvalue weighted by Crippen LogP contribution is 2.24. The largest absolute Gasteiger partial charge is 0.497 e. The summed E-state index contributed by atoms with van der Waals surface area (Å²) in [7, 11) is 1.65. The van der Waals surface area contributed by atoms with Crippen molar-refractivity contribution in [2.45, 2.75) is 38.1 Å². The van der Waals surface area contributed by atoms with Gasteiger partial charge < -0.3 is 15.4 Å². The Morgan fingerprint density at radius 2 is 1.83 bits per heavy atom. The van der Waals surface area contributed by atoms with E-state index in [1.165, 1.54) is 19.3 Å². The highest BCUT2D eigenvalue weighted by molar-refractivity contribution is 6.29. The zero-order valence-electron chi connectivity index (χ0n) is 13.2. The van der Waals surface area contributed by atoms with Gasteiger partial charge in [0.2, 0.25) is 5.95 Å². The van der Waals surface area contributed by atoms with Crippen molar-refractivity contribution in [3.8, 4) is 5.75 Å². The summed E-state index contributed by atoms with van der Waals surface area (Å²) in [5.41, 5.74) is 0.921. The molecule has 2 aromatic rings. The van der Waals surface area contributed by atoms with Crippen LogP contribution in [0.15, 0.2) is 30.3 Å². The molecule has 0 unspecified atom stereocenters. The predicted octanol–water partition coefficient (Wildman–Crippen LogP) is 4.63. The Kier molecular flexibility index (Phi) is 5.18. The van der Waals surface area contributed by atoms with Gasteiger partial charge in [0.05, 0.1) is 7.11 Å². The fraction of sp³-hybridized carbons (Fsp3) is 0.412. The fourth-order valence-corrected chi connectivity index (χ4v) is 2.98. The van der Waals surface area contributed by atoms with Gasteiger partial charge in [-0.05, 0) is 37.1 Å². The number of nitrogens with zero attached hydrogens (tertiary/aromatic N) is 2. The second-order valence-corrected chi connectivity index (χ2v) is 6.12. The molecule has 0 saturated heterocycles. The van der Waals surface area contributed by atoms with Crippen molar-refractivity contribution in [1.82, 2.24) is 9.97 Å². The molecule has 0 amide bonds. The standard InChI is InChI=1S/C17H21ClN4O/c1-23-14-9-7-13(8-10-14)19-16-11-15(18)21-17(22-16)20-12-5-3-2-4-6-12/h7-12H,2-6H2,1H3,(H2,19,20,21,22). The van der Waals surface area contributed by atoms with Gasteiger partial charge >= 0.3 is 0 Å². The molecule has 1 aromatic heterocycles. The van der Waals surface area contributed by atoms with Gasteiger partial charge in [0.25, 0.3) is 0 Å². The van der Waals surface area contributed by atoms with Gasteiger partial charge in [0, 0.05) is 17.8 Å². The van der Waals surface area contributed by atoms with Crippen LogP contribution in [-0.4, -0.2) is 23.1 Å². The van der Waals surface area contributed by atoms with Crippen LogP contribution >= 0.6 is 11.6 Å². The van der Waals surface area contributed by atoms with Crippen molar-refractivity contribution in [3.63, 3.8) is 0 Å². The molecule has 1 aliphatic carbocycles. The van der Waals surface area contributed by atoms with Gasteiger partial charge in [0.15, 0.2) is 0 Å². The van der Waals surface area contributed by atoms with Crippen molar-refractivity contribution in [3.05, 3.63) is 35.5 Å².